The van der Waals surface area contributed by atoms with Crippen LogP contribution < -0.4 is 10.9 Å². The molecule has 3 heterocycles. The van der Waals surface area contributed by atoms with Crippen LogP contribution in [0.15, 0.2) is 29.2 Å². The van der Waals surface area contributed by atoms with Crippen LogP contribution in [-0.2, 0) is 20.0 Å². The molecule has 0 unspecified atom stereocenters. The third-order valence-electron chi connectivity index (χ3n) is 4.85. The lowest BCUT2D eigenvalue weighted by Crippen LogP contribution is -2.39. The zero-order valence-corrected chi connectivity index (χ0v) is 15.9. The Balaban J connectivity index is 1.65. The fourth-order valence-corrected chi connectivity index (χ4v) is 3.51. The molecule has 1 aliphatic rings. The molecule has 0 atom stereocenters. The molecule has 9 nitrogen and oxygen atoms in total. The number of halogens is 2. The number of nitrogens with zero attached hydrogens (tertiary/aromatic N) is 4. The average molecular weight is 420 g/mol. The van der Waals surface area contributed by atoms with Gasteiger partial charge >= 0.3 is 12.0 Å². The molecule has 0 fully saturated rings. The van der Waals surface area contributed by atoms with Crippen molar-refractivity contribution in [2.45, 2.75) is 13.0 Å². The Labute approximate surface area is 167 Å². The Morgan fingerprint density at radius 3 is 2.79 bits per heavy atom. The van der Waals surface area contributed by atoms with Gasteiger partial charge in [0.05, 0.1) is 23.5 Å². The molecule has 1 aliphatic heterocycles. The summed E-state index contributed by atoms with van der Waals surface area (Å²) in [6.07, 6.45) is 1.68. The number of carboxylic acid groups (broad SMARTS) is 1. The van der Waals surface area contributed by atoms with Gasteiger partial charge < -0.3 is 19.9 Å². The number of hydrogen-bond acceptors (Lipinski definition) is 4. The molecule has 2 aromatic heterocycles. The summed E-state index contributed by atoms with van der Waals surface area (Å²) in [5.74, 6) is -1.82. The van der Waals surface area contributed by atoms with Crippen molar-refractivity contribution in [1.29, 1.82) is 0 Å². The number of carbonyl (C=O) groups is 2. The van der Waals surface area contributed by atoms with E-state index in [2.05, 4.69) is 10.4 Å². The number of carboxylic acids is 1. The summed E-state index contributed by atoms with van der Waals surface area (Å²) in [6, 6.07) is 3.42. The first-order valence-corrected chi connectivity index (χ1v) is 8.98. The normalized spacial score (nSPS) is 13.4. The van der Waals surface area contributed by atoms with Gasteiger partial charge in [-0.3, -0.25) is 4.79 Å². The molecule has 29 heavy (non-hydrogen) atoms. The molecule has 3 aromatic rings. The second-order valence-electron chi connectivity index (χ2n) is 6.63. The highest BCUT2D eigenvalue weighted by atomic mass is 35.5. The fraction of sp³-hybridized carbons (Fsp3) is 0.222. The van der Waals surface area contributed by atoms with E-state index in [1.165, 1.54) is 34.8 Å². The first-order valence-electron chi connectivity index (χ1n) is 8.60. The largest absolute Gasteiger partial charge is 0.477 e. The molecule has 0 bridgehead atoms. The van der Waals surface area contributed by atoms with Crippen molar-refractivity contribution in [3.63, 3.8) is 0 Å². The third-order valence-corrected chi connectivity index (χ3v) is 5.14. The minimum atomic E-state index is -1.24. The number of benzene rings is 1. The Kier molecular flexibility index (Phi) is 4.50. The number of rotatable bonds is 2. The number of carbonyl (C=O) groups excluding carboxylic acids is 1. The second-order valence-corrected chi connectivity index (χ2v) is 7.04. The highest BCUT2D eigenvalue weighted by molar-refractivity contribution is 6.31. The Morgan fingerprint density at radius 1 is 1.34 bits per heavy atom. The molecule has 4 rings (SSSR count). The lowest BCUT2D eigenvalue weighted by molar-refractivity contribution is 0.0684. The quantitative estimate of drug-likeness (QED) is 0.661. The van der Waals surface area contributed by atoms with Crippen molar-refractivity contribution in [3.05, 3.63) is 62.5 Å². The number of fused-ring (bicyclic) bond motifs is 3. The van der Waals surface area contributed by atoms with E-state index in [1.807, 2.05) is 0 Å². The SMILES string of the molecule is Cn1c(C(=O)O)cn2nc3c(c2c1=O)CN(C(=O)Nc1ccc(F)c(Cl)c1)CC3. The maximum atomic E-state index is 13.3. The van der Waals surface area contributed by atoms with Gasteiger partial charge in [-0.05, 0) is 18.2 Å². The van der Waals surface area contributed by atoms with Crippen LogP contribution in [0.4, 0.5) is 14.9 Å². The van der Waals surface area contributed by atoms with Crippen LogP contribution >= 0.6 is 11.6 Å². The highest BCUT2D eigenvalue weighted by Crippen LogP contribution is 2.23. The smallest absolute Gasteiger partial charge is 0.354 e. The second kappa shape index (κ2) is 6.89. The number of anilines is 1. The summed E-state index contributed by atoms with van der Waals surface area (Å²) in [7, 11) is 1.37. The summed E-state index contributed by atoms with van der Waals surface area (Å²) in [5.41, 5.74) is 1.08. The molecule has 2 N–H and O–H groups in total. The van der Waals surface area contributed by atoms with Gasteiger partial charge in [-0.25, -0.2) is 18.5 Å². The summed E-state index contributed by atoms with van der Waals surface area (Å²) in [4.78, 5) is 38.1. The molecule has 150 valence electrons. The number of amides is 2. The summed E-state index contributed by atoms with van der Waals surface area (Å²) < 4.78 is 15.6. The van der Waals surface area contributed by atoms with Gasteiger partial charge in [0.2, 0.25) is 0 Å². The highest BCUT2D eigenvalue weighted by Gasteiger charge is 2.27. The van der Waals surface area contributed by atoms with Gasteiger partial charge in [0.15, 0.2) is 0 Å². The molecule has 11 heteroatoms. The van der Waals surface area contributed by atoms with Gasteiger partial charge in [-0.2, -0.15) is 5.10 Å². The first-order chi connectivity index (χ1) is 13.8. The summed E-state index contributed by atoms with van der Waals surface area (Å²) >= 11 is 5.74. The number of aromatic carboxylic acids is 1. The molecular weight excluding hydrogens is 405 g/mol. The Hall–Kier alpha value is -3.40. The van der Waals surface area contributed by atoms with Crippen LogP contribution in [0.2, 0.25) is 5.02 Å². The molecule has 0 aliphatic carbocycles. The fourth-order valence-electron chi connectivity index (χ4n) is 3.33. The number of nitrogens with one attached hydrogen (secondary N) is 1. The van der Waals surface area contributed by atoms with Gasteiger partial charge in [0.25, 0.3) is 5.56 Å². The monoisotopic (exact) mass is 419 g/mol. The van der Waals surface area contributed by atoms with E-state index in [4.69, 9.17) is 11.6 Å². The molecule has 0 spiro atoms. The average Bonchev–Trinajstić information content (AvgIpc) is 3.05. The van der Waals surface area contributed by atoms with Crippen molar-refractivity contribution in [1.82, 2.24) is 19.1 Å². The molecule has 2 amide bonds. The van der Waals surface area contributed by atoms with Crippen LogP contribution in [0.3, 0.4) is 0 Å². The Bertz CT molecular complexity index is 1240. The van der Waals surface area contributed by atoms with Gasteiger partial charge in [0, 0.05) is 31.3 Å². The van der Waals surface area contributed by atoms with Crippen molar-refractivity contribution in [2.75, 3.05) is 11.9 Å². The molecule has 0 saturated heterocycles. The maximum Gasteiger partial charge on any atom is 0.354 e. The van der Waals surface area contributed by atoms with E-state index in [0.717, 1.165) is 10.6 Å². The standard InChI is InChI=1S/C18H15ClFN5O4/c1-23-14(17(27)28)8-25-15(16(23)26)10-7-24(5-4-13(10)22-25)18(29)21-9-2-3-12(20)11(19)6-9/h2-3,6,8H,4-5,7H2,1H3,(H,21,29)(H,27,28). The van der Waals surface area contributed by atoms with Gasteiger partial charge in [0.1, 0.15) is 17.0 Å². The topological polar surface area (TPSA) is 109 Å². The van der Waals surface area contributed by atoms with Crippen molar-refractivity contribution < 1.29 is 19.1 Å². The molecule has 0 saturated carbocycles. The zero-order valence-electron chi connectivity index (χ0n) is 15.1. The minimum absolute atomic E-state index is 0.107. The van der Waals surface area contributed by atoms with E-state index >= 15 is 0 Å². The zero-order chi connectivity index (χ0) is 20.9. The van der Waals surface area contributed by atoms with E-state index in [9.17, 15) is 23.9 Å². The summed E-state index contributed by atoms with van der Waals surface area (Å²) in [5, 5.41) is 16.1. The van der Waals surface area contributed by atoms with E-state index in [-0.39, 0.29) is 22.8 Å². The molecular formula is C18H15ClFN5O4. The van der Waals surface area contributed by atoms with Crippen molar-refractivity contribution >= 4 is 34.8 Å². The lowest BCUT2D eigenvalue weighted by Gasteiger charge is -2.26. The summed E-state index contributed by atoms with van der Waals surface area (Å²) in [6.45, 7) is 0.477. The third kappa shape index (κ3) is 3.21. The van der Waals surface area contributed by atoms with E-state index < -0.39 is 23.4 Å². The van der Waals surface area contributed by atoms with Crippen molar-refractivity contribution in [2.24, 2.45) is 7.05 Å². The van der Waals surface area contributed by atoms with Gasteiger partial charge in [-0.1, -0.05) is 11.6 Å². The van der Waals surface area contributed by atoms with Crippen LogP contribution in [0, 0.1) is 5.82 Å². The number of aromatic nitrogens is 3. The predicted octanol–water partition coefficient (Wildman–Crippen LogP) is 2.11. The first kappa shape index (κ1) is 18.9. The number of hydrogen-bond donors (Lipinski definition) is 2. The number of urea groups is 1. The van der Waals surface area contributed by atoms with Crippen LogP contribution in [0.1, 0.15) is 21.7 Å². The van der Waals surface area contributed by atoms with Crippen LogP contribution in [0.25, 0.3) is 5.52 Å². The maximum absolute atomic E-state index is 13.3. The molecule has 1 aromatic carbocycles. The minimum Gasteiger partial charge on any atom is -0.477 e. The van der Waals surface area contributed by atoms with Crippen LogP contribution in [-0.4, -0.2) is 42.7 Å². The van der Waals surface area contributed by atoms with Gasteiger partial charge in [-0.15, -0.1) is 0 Å². The molecule has 0 radical (unpaired) electrons. The van der Waals surface area contributed by atoms with E-state index in [0.29, 0.717) is 29.9 Å². The Morgan fingerprint density at radius 2 is 2.10 bits per heavy atom. The van der Waals surface area contributed by atoms with E-state index in [1.54, 1.807) is 0 Å². The van der Waals surface area contributed by atoms with Crippen LogP contribution in [0.5, 0.6) is 0 Å². The van der Waals surface area contributed by atoms with Crippen molar-refractivity contribution in [3.8, 4) is 0 Å². The lowest BCUT2D eigenvalue weighted by atomic mass is 10.1. The predicted molar refractivity (Wildman–Crippen MR) is 102 cm³/mol.